The Bertz CT molecular complexity index is 965. The number of aryl methyl sites for hydroxylation is 2. The number of hydrogen-bond donors (Lipinski definition) is 1. The van der Waals surface area contributed by atoms with Gasteiger partial charge in [-0.3, -0.25) is 4.79 Å². The first-order valence-electron chi connectivity index (χ1n) is 8.73. The Kier molecular flexibility index (Phi) is 4.47. The van der Waals surface area contributed by atoms with Gasteiger partial charge in [-0.1, -0.05) is 36.4 Å². The van der Waals surface area contributed by atoms with Gasteiger partial charge in [0.05, 0.1) is 0 Å². The Morgan fingerprint density at radius 1 is 1.12 bits per heavy atom. The van der Waals surface area contributed by atoms with Crippen LogP contribution in [0.3, 0.4) is 0 Å². The molecule has 4 nitrogen and oxygen atoms in total. The molecule has 0 saturated carbocycles. The Morgan fingerprint density at radius 3 is 2.77 bits per heavy atom. The molecule has 1 atom stereocenters. The van der Waals surface area contributed by atoms with Crippen LogP contribution in [0.2, 0.25) is 0 Å². The number of carbonyl (C=O) groups excluding carboxylic acids is 2. The third kappa shape index (κ3) is 3.22. The maximum Gasteiger partial charge on any atom is 0.349 e. The normalized spacial score (nSPS) is 14.0. The van der Waals surface area contributed by atoms with E-state index in [0.29, 0.717) is 10.6 Å². The average molecular weight is 365 g/mol. The highest BCUT2D eigenvalue weighted by molar-refractivity contribution is 7.14. The highest BCUT2D eigenvalue weighted by Gasteiger charge is 2.23. The van der Waals surface area contributed by atoms with Gasteiger partial charge in [-0.15, -0.1) is 11.3 Å². The fraction of sp³-hybridized carbons (Fsp3) is 0.238. The number of amides is 1. The third-order valence-corrected chi connectivity index (χ3v) is 5.87. The summed E-state index contributed by atoms with van der Waals surface area (Å²) in [4.78, 5) is 26.7. The number of rotatable bonds is 4. The third-order valence-electron chi connectivity index (χ3n) is 4.65. The molecule has 4 rings (SSSR count). The van der Waals surface area contributed by atoms with Gasteiger partial charge in [0.1, 0.15) is 4.88 Å². The second kappa shape index (κ2) is 6.92. The zero-order valence-electron chi connectivity index (χ0n) is 14.5. The molecule has 0 saturated heterocycles. The van der Waals surface area contributed by atoms with Crippen LogP contribution in [0.4, 0.5) is 5.69 Å². The Balaban J connectivity index is 1.44. The van der Waals surface area contributed by atoms with E-state index in [1.807, 2.05) is 48.5 Å². The van der Waals surface area contributed by atoms with E-state index in [1.165, 1.54) is 21.8 Å². The van der Waals surface area contributed by atoms with Crippen LogP contribution in [0.15, 0.2) is 48.5 Å². The van der Waals surface area contributed by atoms with Gasteiger partial charge in [0.15, 0.2) is 6.10 Å². The maximum atomic E-state index is 12.5. The summed E-state index contributed by atoms with van der Waals surface area (Å²) in [6.45, 7) is 1.60. The number of hydrogen-bond acceptors (Lipinski definition) is 4. The largest absolute Gasteiger partial charge is 0.448 e. The minimum atomic E-state index is -0.863. The predicted molar refractivity (Wildman–Crippen MR) is 104 cm³/mol. The SMILES string of the molecule is C[C@H](OC(=O)c1cc2c(s1)CCC2)C(=O)Nc1cccc2ccccc12. The summed E-state index contributed by atoms with van der Waals surface area (Å²) >= 11 is 1.48. The lowest BCUT2D eigenvalue weighted by atomic mass is 10.1. The number of carbonyl (C=O) groups is 2. The second-order valence-corrected chi connectivity index (χ2v) is 7.61. The number of esters is 1. The maximum absolute atomic E-state index is 12.5. The van der Waals surface area contributed by atoms with Crippen molar-refractivity contribution in [3.63, 3.8) is 0 Å². The van der Waals surface area contributed by atoms with Gasteiger partial charge < -0.3 is 10.1 Å². The molecular weight excluding hydrogens is 346 g/mol. The van der Waals surface area contributed by atoms with Crippen LogP contribution in [0, 0.1) is 0 Å². The summed E-state index contributed by atoms with van der Waals surface area (Å²) in [7, 11) is 0. The van der Waals surface area contributed by atoms with Crippen molar-refractivity contribution in [2.24, 2.45) is 0 Å². The molecule has 1 N–H and O–H groups in total. The minimum Gasteiger partial charge on any atom is -0.448 e. The van der Waals surface area contributed by atoms with Gasteiger partial charge in [-0.2, -0.15) is 0 Å². The van der Waals surface area contributed by atoms with E-state index in [0.717, 1.165) is 30.0 Å². The number of anilines is 1. The lowest BCUT2D eigenvalue weighted by Gasteiger charge is -2.14. The zero-order valence-corrected chi connectivity index (χ0v) is 15.3. The van der Waals surface area contributed by atoms with Crippen molar-refractivity contribution < 1.29 is 14.3 Å². The second-order valence-electron chi connectivity index (χ2n) is 6.48. The average Bonchev–Trinajstić information content (AvgIpc) is 3.24. The number of nitrogens with one attached hydrogen (secondary N) is 1. The van der Waals surface area contributed by atoms with Crippen LogP contribution in [-0.2, 0) is 22.4 Å². The molecule has 0 aliphatic heterocycles. The Labute approximate surface area is 155 Å². The molecule has 0 radical (unpaired) electrons. The van der Waals surface area contributed by atoms with Gasteiger partial charge in [-0.25, -0.2) is 4.79 Å². The number of thiophene rings is 1. The van der Waals surface area contributed by atoms with Gasteiger partial charge in [0.25, 0.3) is 5.91 Å². The topological polar surface area (TPSA) is 55.4 Å². The Hall–Kier alpha value is -2.66. The summed E-state index contributed by atoms with van der Waals surface area (Å²) in [6.07, 6.45) is 2.35. The van der Waals surface area contributed by atoms with Crippen molar-refractivity contribution in [3.05, 3.63) is 63.8 Å². The van der Waals surface area contributed by atoms with Crippen LogP contribution in [0.1, 0.15) is 33.5 Å². The fourth-order valence-corrected chi connectivity index (χ4v) is 4.41. The summed E-state index contributed by atoms with van der Waals surface area (Å²) in [5, 5.41) is 4.87. The first-order valence-corrected chi connectivity index (χ1v) is 9.54. The monoisotopic (exact) mass is 365 g/mol. The summed E-state index contributed by atoms with van der Waals surface area (Å²) in [5.41, 5.74) is 1.96. The van der Waals surface area contributed by atoms with Gasteiger partial charge >= 0.3 is 5.97 Å². The molecule has 0 spiro atoms. The van der Waals surface area contributed by atoms with Crippen molar-refractivity contribution in [2.75, 3.05) is 5.32 Å². The standard InChI is InChI=1S/C21H19NO3S/c1-13(25-21(24)19-12-15-8-5-11-18(15)26-19)20(23)22-17-10-4-7-14-6-2-3-9-16(14)17/h2-4,6-7,9-10,12-13H,5,8,11H2,1H3,(H,22,23)/t13-/m0/s1. The van der Waals surface area contributed by atoms with Crippen LogP contribution < -0.4 is 5.32 Å². The van der Waals surface area contributed by atoms with E-state index in [1.54, 1.807) is 6.92 Å². The molecule has 1 aromatic heterocycles. The smallest absolute Gasteiger partial charge is 0.349 e. The molecule has 1 aliphatic rings. The molecule has 1 amide bonds. The molecule has 3 aromatic rings. The number of ether oxygens (including phenoxy) is 1. The van der Waals surface area contributed by atoms with E-state index in [2.05, 4.69) is 5.32 Å². The lowest BCUT2D eigenvalue weighted by Crippen LogP contribution is -2.29. The van der Waals surface area contributed by atoms with Crippen LogP contribution in [0.5, 0.6) is 0 Å². The van der Waals surface area contributed by atoms with Gasteiger partial charge in [0, 0.05) is 16.0 Å². The molecular formula is C21H19NO3S. The molecule has 1 heterocycles. The Morgan fingerprint density at radius 2 is 1.92 bits per heavy atom. The number of benzene rings is 2. The fourth-order valence-electron chi connectivity index (χ4n) is 3.27. The van der Waals surface area contributed by atoms with Crippen LogP contribution >= 0.6 is 11.3 Å². The first-order chi connectivity index (χ1) is 12.6. The van der Waals surface area contributed by atoms with E-state index in [4.69, 9.17) is 4.74 Å². The first kappa shape index (κ1) is 16.8. The molecule has 0 unspecified atom stereocenters. The van der Waals surface area contributed by atoms with E-state index >= 15 is 0 Å². The van der Waals surface area contributed by atoms with Crippen LogP contribution in [0.25, 0.3) is 10.8 Å². The molecule has 0 fully saturated rings. The molecule has 26 heavy (non-hydrogen) atoms. The predicted octanol–water partition coefficient (Wildman–Crippen LogP) is 4.57. The van der Waals surface area contributed by atoms with Crippen molar-refractivity contribution >= 4 is 39.7 Å². The summed E-state index contributed by atoms with van der Waals surface area (Å²) in [5.74, 6) is -0.760. The van der Waals surface area contributed by atoms with Crippen molar-refractivity contribution in [1.29, 1.82) is 0 Å². The summed E-state index contributed by atoms with van der Waals surface area (Å²) in [6, 6.07) is 15.5. The minimum absolute atomic E-state index is 0.334. The highest BCUT2D eigenvalue weighted by Crippen LogP contribution is 2.31. The summed E-state index contributed by atoms with van der Waals surface area (Å²) < 4.78 is 5.38. The molecule has 132 valence electrons. The van der Waals surface area contributed by atoms with E-state index in [9.17, 15) is 9.59 Å². The molecule has 5 heteroatoms. The molecule has 0 bridgehead atoms. The van der Waals surface area contributed by atoms with E-state index < -0.39 is 12.1 Å². The molecule has 1 aliphatic carbocycles. The van der Waals surface area contributed by atoms with Crippen molar-refractivity contribution in [3.8, 4) is 0 Å². The van der Waals surface area contributed by atoms with Crippen LogP contribution in [-0.4, -0.2) is 18.0 Å². The van der Waals surface area contributed by atoms with Crippen molar-refractivity contribution in [2.45, 2.75) is 32.3 Å². The quantitative estimate of drug-likeness (QED) is 0.689. The lowest BCUT2D eigenvalue weighted by molar-refractivity contribution is -0.123. The highest BCUT2D eigenvalue weighted by atomic mass is 32.1. The van der Waals surface area contributed by atoms with Gasteiger partial charge in [-0.05, 0) is 49.3 Å². The van der Waals surface area contributed by atoms with Gasteiger partial charge in [0.2, 0.25) is 0 Å². The van der Waals surface area contributed by atoms with E-state index in [-0.39, 0.29) is 5.91 Å². The molecule has 2 aromatic carbocycles. The van der Waals surface area contributed by atoms with Crippen molar-refractivity contribution in [1.82, 2.24) is 0 Å². The zero-order chi connectivity index (χ0) is 18.1. The number of fused-ring (bicyclic) bond motifs is 2.